The fourth-order valence-electron chi connectivity index (χ4n) is 2.85. The maximum Gasteiger partial charge on any atom is 0.278 e. The van der Waals surface area contributed by atoms with E-state index in [2.05, 4.69) is 10.4 Å². The maximum atomic E-state index is 12.9. The molecule has 0 fully saturated rings. The number of nitrogens with zero attached hydrogens (tertiary/aromatic N) is 2. The molecule has 0 spiro atoms. The van der Waals surface area contributed by atoms with Crippen LogP contribution in [0.5, 0.6) is 5.75 Å². The van der Waals surface area contributed by atoms with Crippen LogP contribution in [0.1, 0.15) is 43.1 Å². The van der Waals surface area contributed by atoms with Crippen molar-refractivity contribution in [1.29, 1.82) is 0 Å². The summed E-state index contributed by atoms with van der Waals surface area (Å²) in [4.78, 5) is 12.9. The Bertz CT molecular complexity index is 812. The molecule has 0 unspecified atom stereocenters. The van der Waals surface area contributed by atoms with E-state index >= 15 is 0 Å². The minimum Gasteiger partial charge on any atom is -0.507 e. The molecule has 3 rings (SSSR count). The van der Waals surface area contributed by atoms with E-state index in [1.165, 1.54) is 5.01 Å². The molecule has 1 amide bonds. The lowest BCUT2D eigenvalue weighted by atomic mass is 10.0. The highest BCUT2D eigenvalue weighted by molar-refractivity contribution is 6.06. The number of amides is 1. The van der Waals surface area contributed by atoms with Crippen molar-refractivity contribution in [3.05, 3.63) is 59.7 Å². The summed E-state index contributed by atoms with van der Waals surface area (Å²) in [5.74, 6) is 0.00412. The molecule has 1 heterocycles. The third kappa shape index (κ3) is 2.73. The Morgan fingerprint density at radius 3 is 2.54 bits per heavy atom. The number of phenols is 1. The van der Waals surface area contributed by atoms with Gasteiger partial charge >= 0.3 is 0 Å². The van der Waals surface area contributed by atoms with Gasteiger partial charge < -0.3 is 10.4 Å². The molecule has 1 aliphatic heterocycles. The smallest absolute Gasteiger partial charge is 0.278 e. The van der Waals surface area contributed by atoms with E-state index in [1.54, 1.807) is 24.3 Å². The van der Waals surface area contributed by atoms with Crippen LogP contribution in [0.15, 0.2) is 53.6 Å². The van der Waals surface area contributed by atoms with E-state index in [-0.39, 0.29) is 11.7 Å². The monoisotopic (exact) mass is 323 g/mol. The molecule has 5 nitrogen and oxygen atoms in total. The number of hydrogen-bond donors (Lipinski definition) is 2. The molecular formula is C19H21N3O2. The zero-order valence-corrected chi connectivity index (χ0v) is 14.1. The molecule has 0 radical (unpaired) electrons. The van der Waals surface area contributed by atoms with Crippen molar-refractivity contribution in [1.82, 2.24) is 5.01 Å². The van der Waals surface area contributed by atoms with Crippen molar-refractivity contribution in [2.24, 2.45) is 5.10 Å². The van der Waals surface area contributed by atoms with Gasteiger partial charge in [0.1, 0.15) is 11.4 Å². The van der Waals surface area contributed by atoms with Crippen LogP contribution in [0, 0.1) is 0 Å². The van der Waals surface area contributed by atoms with Crippen LogP contribution in [0.25, 0.3) is 0 Å². The summed E-state index contributed by atoms with van der Waals surface area (Å²) in [7, 11) is 0. The topological polar surface area (TPSA) is 64.9 Å². The average Bonchev–Trinajstić information content (AvgIpc) is 2.55. The zero-order chi connectivity index (χ0) is 17.3. The first-order valence-electron chi connectivity index (χ1n) is 8.01. The standard InChI is InChI=1S/C19H21N3O2/c1-4-15(13-9-6-8-12-17(13)23)21-22-18(24)14-10-5-7-11-16(14)20-19(22,2)3/h5-12,20,23H,4H2,1-3H3/b21-15+. The third-order valence-electron chi connectivity index (χ3n) is 4.09. The van der Waals surface area contributed by atoms with Crippen molar-refractivity contribution in [3.63, 3.8) is 0 Å². The molecule has 1 aliphatic rings. The van der Waals surface area contributed by atoms with Crippen molar-refractivity contribution < 1.29 is 9.90 Å². The lowest BCUT2D eigenvalue weighted by Crippen LogP contribution is -2.53. The molecule has 124 valence electrons. The van der Waals surface area contributed by atoms with E-state index in [1.807, 2.05) is 45.0 Å². The number of hydrogen-bond acceptors (Lipinski definition) is 4. The number of carbonyl (C=O) groups excluding carboxylic acids is 1. The van der Waals surface area contributed by atoms with Gasteiger partial charge in [0, 0.05) is 11.3 Å². The summed E-state index contributed by atoms with van der Waals surface area (Å²) in [5, 5.41) is 19.5. The number of fused-ring (bicyclic) bond motifs is 1. The van der Waals surface area contributed by atoms with Gasteiger partial charge in [0.05, 0.1) is 11.3 Å². The lowest BCUT2D eigenvalue weighted by molar-refractivity contribution is 0.0584. The van der Waals surface area contributed by atoms with Gasteiger partial charge in [0.15, 0.2) is 0 Å². The Morgan fingerprint density at radius 2 is 1.83 bits per heavy atom. The van der Waals surface area contributed by atoms with Gasteiger partial charge in [0.2, 0.25) is 0 Å². The second-order valence-electron chi connectivity index (χ2n) is 6.26. The molecule has 24 heavy (non-hydrogen) atoms. The van der Waals surface area contributed by atoms with Crippen LogP contribution in [0.3, 0.4) is 0 Å². The molecule has 0 aliphatic carbocycles. The highest BCUT2D eigenvalue weighted by Crippen LogP contribution is 2.31. The van der Waals surface area contributed by atoms with Crippen LogP contribution < -0.4 is 5.32 Å². The number of aromatic hydroxyl groups is 1. The normalized spacial score (nSPS) is 16.5. The van der Waals surface area contributed by atoms with E-state index in [9.17, 15) is 9.90 Å². The second kappa shape index (κ2) is 6.00. The number of anilines is 1. The number of carbonyl (C=O) groups is 1. The van der Waals surface area contributed by atoms with Gasteiger partial charge in [-0.3, -0.25) is 4.79 Å². The van der Waals surface area contributed by atoms with Gasteiger partial charge in [-0.15, -0.1) is 0 Å². The maximum absolute atomic E-state index is 12.9. The molecule has 0 aromatic heterocycles. The SMILES string of the molecule is CC/C(=N\N1C(=O)c2ccccc2NC1(C)C)c1ccccc1O. The molecule has 2 aromatic rings. The van der Waals surface area contributed by atoms with Crippen molar-refractivity contribution in [2.75, 3.05) is 5.32 Å². The molecule has 5 heteroatoms. The largest absolute Gasteiger partial charge is 0.507 e. The molecule has 0 saturated carbocycles. The average molecular weight is 323 g/mol. The first kappa shape index (κ1) is 16.1. The van der Waals surface area contributed by atoms with E-state index in [4.69, 9.17) is 0 Å². The predicted octanol–water partition coefficient (Wildman–Crippen LogP) is 3.81. The Hall–Kier alpha value is -2.82. The number of para-hydroxylation sites is 2. The minimum atomic E-state index is -0.670. The summed E-state index contributed by atoms with van der Waals surface area (Å²) >= 11 is 0. The van der Waals surface area contributed by atoms with Crippen LogP contribution in [0.4, 0.5) is 5.69 Å². The van der Waals surface area contributed by atoms with Crippen molar-refractivity contribution in [3.8, 4) is 5.75 Å². The predicted molar refractivity (Wildman–Crippen MR) is 95.2 cm³/mol. The summed E-state index contributed by atoms with van der Waals surface area (Å²) in [6.45, 7) is 5.76. The van der Waals surface area contributed by atoms with Crippen molar-refractivity contribution >= 4 is 17.3 Å². The van der Waals surface area contributed by atoms with Gasteiger partial charge in [-0.25, -0.2) is 5.01 Å². The first-order chi connectivity index (χ1) is 11.4. The number of rotatable bonds is 3. The Balaban J connectivity index is 2.07. The van der Waals surface area contributed by atoms with Crippen molar-refractivity contribution in [2.45, 2.75) is 32.9 Å². The fourth-order valence-corrected chi connectivity index (χ4v) is 2.85. The highest BCUT2D eigenvalue weighted by atomic mass is 16.3. The van der Waals surface area contributed by atoms with Gasteiger partial charge in [0.25, 0.3) is 5.91 Å². The molecule has 2 aromatic carbocycles. The van der Waals surface area contributed by atoms with E-state index in [0.29, 0.717) is 23.3 Å². The number of nitrogens with one attached hydrogen (secondary N) is 1. The number of phenolic OH excluding ortho intramolecular Hbond substituents is 1. The number of benzene rings is 2. The molecule has 0 saturated heterocycles. The Labute approximate surface area is 141 Å². The summed E-state index contributed by atoms with van der Waals surface area (Å²) in [5.41, 5.74) is 2.03. The fraction of sp³-hybridized carbons (Fsp3) is 0.263. The number of hydrazone groups is 1. The quantitative estimate of drug-likeness (QED) is 0.844. The van der Waals surface area contributed by atoms with Gasteiger partial charge in [-0.1, -0.05) is 31.2 Å². The van der Waals surface area contributed by atoms with Crippen LogP contribution in [-0.2, 0) is 0 Å². The van der Waals surface area contributed by atoms with Gasteiger partial charge in [-0.05, 0) is 44.5 Å². The van der Waals surface area contributed by atoms with Gasteiger partial charge in [-0.2, -0.15) is 5.10 Å². The van der Waals surface area contributed by atoms with E-state index < -0.39 is 5.66 Å². The van der Waals surface area contributed by atoms with Crippen LogP contribution in [-0.4, -0.2) is 27.4 Å². The molecule has 0 bridgehead atoms. The van der Waals surface area contributed by atoms with Crippen LogP contribution in [0.2, 0.25) is 0 Å². The molecule has 2 N–H and O–H groups in total. The minimum absolute atomic E-state index is 0.157. The summed E-state index contributed by atoms with van der Waals surface area (Å²) in [6, 6.07) is 14.4. The highest BCUT2D eigenvalue weighted by Gasteiger charge is 2.38. The lowest BCUT2D eigenvalue weighted by Gasteiger charge is -2.41. The van der Waals surface area contributed by atoms with Crippen LogP contribution >= 0.6 is 0 Å². The first-order valence-corrected chi connectivity index (χ1v) is 8.01. The Kier molecular flexibility index (Phi) is 4.01. The Morgan fingerprint density at radius 1 is 1.17 bits per heavy atom. The zero-order valence-electron chi connectivity index (χ0n) is 14.1. The molecule has 0 atom stereocenters. The molecular weight excluding hydrogens is 302 g/mol. The van der Waals surface area contributed by atoms with E-state index in [0.717, 1.165) is 5.69 Å². The summed E-state index contributed by atoms with van der Waals surface area (Å²) < 4.78 is 0. The third-order valence-corrected chi connectivity index (χ3v) is 4.09. The second-order valence-corrected chi connectivity index (χ2v) is 6.26. The summed E-state index contributed by atoms with van der Waals surface area (Å²) in [6.07, 6.45) is 0.596.